The van der Waals surface area contributed by atoms with Crippen LogP contribution in [0.15, 0.2) is 24.3 Å². The fourth-order valence-corrected chi connectivity index (χ4v) is 4.10. The smallest absolute Gasteiger partial charge is 0.214 e. The third-order valence-electron chi connectivity index (χ3n) is 3.71. The third kappa shape index (κ3) is 3.59. The molecule has 1 saturated heterocycles. The number of sulfonamides is 1. The lowest BCUT2D eigenvalue weighted by atomic mass is 10.0. The van der Waals surface area contributed by atoms with Crippen molar-refractivity contribution in [1.29, 1.82) is 0 Å². The van der Waals surface area contributed by atoms with E-state index in [0.29, 0.717) is 26.1 Å². The largest absolute Gasteiger partial charge is 0.371 e. The molecule has 2 rings (SSSR count). The number of hydrogen-bond acceptors (Lipinski definition) is 3. The van der Waals surface area contributed by atoms with Gasteiger partial charge in [-0.15, -0.1) is 0 Å². The standard InChI is InChI=1S/C15H23NO3S/c1-3-4-11-20(17,18)16-9-10-19-15(12-16)14-8-6-5-7-13(14)2/h5-8,15H,3-4,9-12H2,1-2H3. The molecular formula is C15H23NO3S. The van der Waals surface area contributed by atoms with Gasteiger partial charge in [-0.25, -0.2) is 8.42 Å². The van der Waals surface area contributed by atoms with Gasteiger partial charge in [0, 0.05) is 13.1 Å². The number of hydrogen-bond donors (Lipinski definition) is 0. The Labute approximate surface area is 121 Å². The maximum absolute atomic E-state index is 12.3. The Balaban J connectivity index is 2.11. The molecule has 1 aromatic rings. The highest BCUT2D eigenvalue weighted by Crippen LogP contribution is 2.26. The van der Waals surface area contributed by atoms with Crippen LogP contribution < -0.4 is 0 Å². The number of ether oxygens (including phenoxy) is 1. The first-order chi connectivity index (χ1) is 9.54. The number of aryl methyl sites for hydroxylation is 1. The van der Waals surface area contributed by atoms with Crippen LogP contribution in [0.5, 0.6) is 0 Å². The van der Waals surface area contributed by atoms with Crippen LogP contribution in [-0.4, -0.2) is 38.2 Å². The molecule has 1 aliphatic rings. The zero-order valence-corrected chi connectivity index (χ0v) is 13.0. The molecule has 112 valence electrons. The molecule has 0 aromatic heterocycles. The normalized spacial score (nSPS) is 21.0. The van der Waals surface area contributed by atoms with Crippen molar-refractivity contribution in [3.8, 4) is 0 Å². The molecule has 1 fully saturated rings. The van der Waals surface area contributed by atoms with Crippen molar-refractivity contribution in [3.05, 3.63) is 35.4 Å². The van der Waals surface area contributed by atoms with Crippen molar-refractivity contribution >= 4 is 10.0 Å². The van der Waals surface area contributed by atoms with Gasteiger partial charge in [0.05, 0.1) is 18.5 Å². The molecule has 0 spiro atoms. The Morgan fingerprint density at radius 3 is 2.80 bits per heavy atom. The summed E-state index contributed by atoms with van der Waals surface area (Å²) in [4.78, 5) is 0. The zero-order valence-electron chi connectivity index (χ0n) is 12.2. The second-order valence-corrected chi connectivity index (χ2v) is 7.33. The topological polar surface area (TPSA) is 46.6 Å². The van der Waals surface area contributed by atoms with E-state index in [1.807, 2.05) is 38.1 Å². The van der Waals surface area contributed by atoms with E-state index in [0.717, 1.165) is 17.5 Å². The quantitative estimate of drug-likeness (QED) is 0.839. The zero-order chi connectivity index (χ0) is 14.6. The minimum atomic E-state index is -3.15. The summed E-state index contributed by atoms with van der Waals surface area (Å²) in [5, 5.41) is 0. The van der Waals surface area contributed by atoms with E-state index in [1.54, 1.807) is 4.31 Å². The summed E-state index contributed by atoms with van der Waals surface area (Å²) < 4.78 is 31.9. The van der Waals surface area contributed by atoms with E-state index in [9.17, 15) is 8.42 Å². The average molecular weight is 297 g/mol. The Morgan fingerprint density at radius 2 is 2.10 bits per heavy atom. The molecule has 1 aliphatic heterocycles. The fourth-order valence-electron chi connectivity index (χ4n) is 2.47. The Bertz CT molecular complexity index is 542. The molecule has 0 radical (unpaired) electrons. The summed E-state index contributed by atoms with van der Waals surface area (Å²) in [6, 6.07) is 8.00. The average Bonchev–Trinajstić information content (AvgIpc) is 2.46. The highest BCUT2D eigenvalue weighted by Gasteiger charge is 2.30. The van der Waals surface area contributed by atoms with E-state index >= 15 is 0 Å². The predicted octanol–water partition coefficient (Wildman–Crippen LogP) is 2.50. The number of benzene rings is 1. The van der Waals surface area contributed by atoms with Crippen LogP contribution in [0.4, 0.5) is 0 Å². The van der Waals surface area contributed by atoms with Gasteiger partial charge in [-0.2, -0.15) is 4.31 Å². The first-order valence-corrected chi connectivity index (χ1v) is 8.80. The van der Waals surface area contributed by atoms with E-state index in [2.05, 4.69) is 0 Å². The second kappa shape index (κ2) is 6.70. The van der Waals surface area contributed by atoms with Crippen LogP contribution in [0.25, 0.3) is 0 Å². The maximum Gasteiger partial charge on any atom is 0.214 e. The molecule has 4 nitrogen and oxygen atoms in total. The summed E-state index contributed by atoms with van der Waals surface area (Å²) >= 11 is 0. The number of rotatable bonds is 5. The molecule has 0 amide bonds. The van der Waals surface area contributed by atoms with Gasteiger partial charge in [0.2, 0.25) is 10.0 Å². The lowest BCUT2D eigenvalue weighted by Crippen LogP contribution is -2.43. The third-order valence-corrected chi connectivity index (χ3v) is 5.64. The molecule has 20 heavy (non-hydrogen) atoms. The van der Waals surface area contributed by atoms with Crippen LogP contribution in [-0.2, 0) is 14.8 Å². The highest BCUT2D eigenvalue weighted by atomic mass is 32.2. The first-order valence-electron chi connectivity index (χ1n) is 7.19. The highest BCUT2D eigenvalue weighted by molar-refractivity contribution is 7.89. The lowest BCUT2D eigenvalue weighted by Gasteiger charge is -2.33. The summed E-state index contributed by atoms with van der Waals surface area (Å²) in [5.41, 5.74) is 2.23. The van der Waals surface area contributed by atoms with Gasteiger partial charge in [-0.1, -0.05) is 37.6 Å². The summed E-state index contributed by atoms with van der Waals surface area (Å²) in [7, 11) is -3.15. The van der Waals surface area contributed by atoms with Crippen molar-refractivity contribution in [2.75, 3.05) is 25.4 Å². The van der Waals surface area contributed by atoms with Crippen LogP contribution in [0.3, 0.4) is 0 Å². The van der Waals surface area contributed by atoms with E-state index in [1.165, 1.54) is 0 Å². The lowest BCUT2D eigenvalue weighted by molar-refractivity contribution is -0.00288. The van der Waals surface area contributed by atoms with Crippen LogP contribution in [0.1, 0.15) is 37.0 Å². The van der Waals surface area contributed by atoms with Gasteiger partial charge in [0.25, 0.3) is 0 Å². The maximum atomic E-state index is 12.3. The summed E-state index contributed by atoms with van der Waals surface area (Å²) in [6.45, 7) is 5.39. The van der Waals surface area contributed by atoms with Gasteiger partial charge in [0.1, 0.15) is 0 Å². The van der Waals surface area contributed by atoms with E-state index in [-0.39, 0.29) is 11.9 Å². The molecule has 1 heterocycles. The Kier molecular flexibility index (Phi) is 5.18. The number of nitrogens with zero attached hydrogens (tertiary/aromatic N) is 1. The first kappa shape index (κ1) is 15.5. The van der Waals surface area contributed by atoms with Gasteiger partial charge < -0.3 is 4.74 Å². The molecule has 1 atom stereocenters. The fraction of sp³-hybridized carbons (Fsp3) is 0.600. The number of unbranched alkanes of at least 4 members (excludes halogenated alkanes) is 1. The summed E-state index contributed by atoms with van der Waals surface area (Å²) in [6.07, 6.45) is 1.46. The van der Waals surface area contributed by atoms with Crippen molar-refractivity contribution in [2.24, 2.45) is 0 Å². The summed E-state index contributed by atoms with van der Waals surface area (Å²) in [5.74, 6) is 0.240. The van der Waals surface area contributed by atoms with Gasteiger partial charge >= 0.3 is 0 Å². The van der Waals surface area contributed by atoms with Crippen molar-refractivity contribution in [3.63, 3.8) is 0 Å². The minimum Gasteiger partial charge on any atom is -0.371 e. The molecule has 0 saturated carbocycles. The van der Waals surface area contributed by atoms with Crippen molar-refractivity contribution in [2.45, 2.75) is 32.8 Å². The van der Waals surface area contributed by atoms with Crippen molar-refractivity contribution < 1.29 is 13.2 Å². The SMILES string of the molecule is CCCCS(=O)(=O)N1CCOC(c2ccccc2C)C1. The monoisotopic (exact) mass is 297 g/mol. The minimum absolute atomic E-state index is 0.152. The second-order valence-electron chi connectivity index (χ2n) is 5.24. The molecule has 1 aromatic carbocycles. The van der Waals surface area contributed by atoms with Crippen LogP contribution in [0.2, 0.25) is 0 Å². The Morgan fingerprint density at radius 1 is 1.35 bits per heavy atom. The van der Waals surface area contributed by atoms with Crippen LogP contribution in [0, 0.1) is 6.92 Å². The molecule has 1 unspecified atom stereocenters. The van der Waals surface area contributed by atoms with Gasteiger partial charge in [-0.05, 0) is 24.5 Å². The molecule has 0 bridgehead atoms. The molecule has 5 heteroatoms. The Hall–Kier alpha value is -0.910. The van der Waals surface area contributed by atoms with Gasteiger partial charge in [0.15, 0.2) is 0 Å². The van der Waals surface area contributed by atoms with E-state index < -0.39 is 10.0 Å². The number of morpholine rings is 1. The predicted molar refractivity (Wildman–Crippen MR) is 80.1 cm³/mol. The molecule has 0 N–H and O–H groups in total. The van der Waals surface area contributed by atoms with Crippen molar-refractivity contribution in [1.82, 2.24) is 4.31 Å². The van der Waals surface area contributed by atoms with E-state index in [4.69, 9.17) is 4.74 Å². The molecular weight excluding hydrogens is 274 g/mol. The van der Waals surface area contributed by atoms with Crippen LogP contribution >= 0.6 is 0 Å². The molecule has 0 aliphatic carbocycles. The van der Waals surface area contributed by atoms with Gasteiger partial charge in [-0.3, -0.25) is 0 Å².